The molecule has 0 bridgehead atoms. The van der Waals surface area contributed by atoms with Gasteiger partial charge in [-0.1, -0.05) is 30.3 Å². The second-order valence-electron chi connectivity index (χ2n) is 2.35. The van der Waals surface area contributed by atoms with Crippen LogP contribution < -0.4 is 0 Å². The van der Waals surface area contributed by atoms with Crippen LogP contribution in [0.3, 0.4) is 0 Å². The Morgan fingerprint density at radius 1 is 1.07 bits per heavy atom. The predicted molar refractivity (Wildman–Crippen MR) is 44.4 cm³/mol. The van der Waals surface area contributed by atoms with Crippen LogP contribution in [0.2, 0.25) is 0 Å². The van der Waals surface area contributed by atoms with Crippen LogP contribution >= 0.6 is 0 Å². The summed E-state index contributed by atoms with van der Waals surface area (Å²) < 4.78 is 59.2. The first kappa shape index (κ1) is 10.8. The molecule has 0 aliphatic carbocycles. The van der Waals surface area contributed by atoms with Gasteiger partial charge < -0.3 is 4.72 Å². The third kappa shape index (κ3) is 2.38. The highest BCUT2D eigenvalue weighted by molar-refractivity contribution is 7.95. The van der Waals surface area contributed by atoms with Gasteiger partial charge in [-0.05, 0) is 0 Å². The maximum atomic E-state index is 11.8. The lowest BCUT2D eigenvalue weighted by Crippen LogP contribution is -2.20. The number of hydrogen-bond donors (Lipinski definition) is 0. The van der Waals surface area contributed by atoms with Crippen molar-refractivity contribution in [3.05, 3.63) is 35.1 Å². The molecular formula is C7H5F3NO2S-. The Morgan fingerprint density at radius 2 is 1.57 bits per heavy atom. The highest BCUT2D eigenvalue weighted by Crippen LogP contribution is 2.33. The average molecular weight is 224 g/mol. The minimum Gasteiger partial charge on any atom is -0.569 e. The molecule has 0 N–H and O–H groups in total. The maximum absolute atomic E-state index is 11.8. The Bertz CT molecular complexity index is 399. The third-order valence-electron chi connectivity index (χ3n) is 1.27. The lowest BCUT2D eigenvalue weighted by Gasteiger charge is -2.22. The summed E-state index contributed by atoms with van der Waals surface area (Å²) in [6.45, 7) is 0. The van der Waals surface area contributed by atoms with Crippen molar-refractivity contribution >= 4 is 15.7 Å². The first-order valence-corrected chi connectivity index (χ1v) is 4.86. The summed E-state index contributed by atoms with van der Waals surface area (Å²) >= 11 is 0. The quantitative estimate of drug-likeness (QED) is 0.774. The van der Waals surface area contributed by atoms with Crippen molar-refractivity contribution in [2.75, 3.05) is 0 Å². The number of halogens is 3. The third-order valence-corrected chi connectivity index (χ3v) is 2.31. The first-order valence-electron chi connectivity index (χ1n) is 3.42. The molecule has 0 aromatic heterocycles. The zero-order valence-electron chi connectivity index (χ0n) is 6.69. The Hall–Kier alpha value is -1.24. The minimum absolute atomic E-state index is 0.246. The molecule has 0 spiro atoms. The van der Waals surface area contributed by atoms with E-state index >= 15 is 0 Å². The van der Waals surface area contributed by atoms with E-state index in [0.29, 0.717) is 0 Å². The number of benzene rings is 1. The van der Waals surface area contributed by atoms with Gasteiger partial charge in [0.1, 0.15) is 0 Å². The molecule has 0 fully saturated rings. The average Bonchev–Trinajstić information content (AvgIpc) is 2.03. The number of nitrogens with zero attached hydrogens (tertiary/aromatic N) is 1. The monoisotopic (exact) mass is 224 g/mol. The highest BCUT2D eigenvalue weighted by atomic mass is 32.2. The molecule has 1 aromatic carbocycles. The van der Waals surface area contributed by atoms with E-state index in [-0.39, 0.29) is 5.69 Å². The summed E-state index contributed by atoms with van der Waals surface area (Å²) in [5.74, 6) is 0. The van der Waals surface area contributed by atoms with Crippen molar-refractivity contribution in [3.8, 4) is 0 Å². The number of rotatable bonds is 2. The van der Waals surface area contributed by atoms with Crippen LogP contribution in [-0.4, -0.2) is 13.9 Å². The van der Waals surface area contributed by atoms with E-state index in [1.54, 1.807) is 6.07 Å². The molecular weight excluding hydrogens is 219 g/mol. The second kappa shape index (κ2) is 3.49. The van der Waals surface area contributed by atoms with Crippen molar-refractivity contribution in [1.82, 2.24) is 0 Å². The smallest absolute Gasteiger partial charge is 0.483 e. The van der Waals surface area contributed by atoms with Crippen LogP contribution in [0.15, 0.2) is 30.3 Å². The fourth-order valence-electron chi connectivity index (χ4n) is 0.679. The van der Waals surface area contributed by atoms with Gasteiger partial charge >= 0.3 is 5.51 Å². The van der Waals surface area contributed by atoms with E-state index in [4.69, 9.17) is 0 Å². The van der Waals surface area contributed by atoms with E-state index in [1.807, 2.05) is 0 Å². The molecule has 0 saturated heterocycles. The Morgan fingerprint density at radius 3 is 2.00 bits per heavy atom. The van der Waals surface area contributed by atoms with Crippen molar-refractivity contribution in [1.29, 1.82) is 0 Å². The normalized spacial score (nSPS) is 12.5. The lowest BCUT2D eigenvalue weighted by atomic mass is 10.3. The minimum atomic E-state index is -5.43. The van der Waals surface area contributed by atoms with Crippen LogP contribution in [0.1, 0.15) is 0 Å². The predicted octanol–water partition coefficient (Wildman–Crippen LogP) is 2.54. The zero-order valence-corrected chi connectivity index (χ0v) is 7.51. The maximum Gasteiger partial charge on any atom is 0.483 e. The summed E-state index contributed by atoms with van der Waals surface area (Å²) in [6.07, 6.45) is 0. The Labute approximate surface area is 78.6 Å². The summed E-state index contributed by atoms with van der Waals surface area (Å²) in [4.78, 5) is 0. The van der Waals surface area contributed by atoms with Gasteiger partial charge in [0.05, 0.1) is 0 Å². The first-order chi connectivity index (χ1) is 6.33. The summed E-state index contributed by atoms with van der Waals surface area (Å²) in [7, 11) is -5.43. The van der Waals surface area contributed by atoms with Crippen molar-refractivity contribution in [2.45, 2.75) is 5.51 Å². The fourth-order valence-corrected chi connectivity index (χ4v) is 1.18. The van der Waals surface area contributed by atoms with Gasteiger partial charge in [0.15, 0.2) is 10.0 Å². The molecule has 3 nitrogen and oxygen atoms in total. The van der Waals surface area contributed by atoms with Gasteiger partial charge in [-0.25, -0.2) is 8.42 Å². The van der Waals surface area contributed by atoms with E-state index < -0.39 is 15.5 Å². The molecule has 7 heteroatoms. The fraction of sp³-hybridized carbons (Fsp3) is 0.143. The standard InChI is InChI=1S/C7H5F3NO2S/c8-7(9,10)14(12,13)11-6-4-2-1-3-5-6/h1-5H/q-1. The Kier molecular flexibility index (Phi) is 2.70. The van der Waals surface area contributed by atoms with Gasteiger partial charge in [0.2, 0.25) is 0 Å². The molecule has 14 heavy (non-hydrogen) atoms. The van der Waals surface area contributed by atoms with Gasteiger partial charge in [0.25, 0.3) is 0 Å². The van der Waals surface area contributed by atoms with E-state index in [0.717, 1.165) is 0 Å². The lowest BCUT2D eigenvalue weighted by molar-refractivity contribution is -0.0425. The van der Waals surface area contributed by atoms with Crippen molar-refractivity contribution in [2.24, 2.45) is 0 Å². The van der Waals surface area contributed by atoms with Crippen LogP contribution in [-0.2, 0) is 10.0 Å². The molecule has 0 atom stereocenters. The van der Waals surface area contributed by atoms with Gasteiger partial charge in [-0.3, -0.25) is 0 Å². The zero-order chi connectivity index (χ0) is 10.8. The molecule has 0 aliphatic rings. The van der Waals surface area contributed by atoms with Crippen LogP contribution in [0.5, 0.6) is 0 Å². The van der Waals surface area contributed by atoms with Gasteiger partial charge in [-0.2, -0.15) is 13.2 Å². The molecule has 0 saturated carbocycles. The molecule has 1 aromatic rings. The summed E-state index contributed by atoms with van der Waals surface area (Å²) in [5, 5.41) is 0. The number of sulfonamides is 1. The molecule has 0 unspecified atom stereocenters. The molecule has 78 valence electrons. The Balaban J connectivity index is 2.91. The van der Waals surface area contributed by atoms with E-state index in [9.17, 15) is 21.6 Å². The highest BCUT2D eigenvalue weighted by Gasteiger charge is 2.39. The SMILES string of the molecule is O=S(=O)([N-]c1ccccc1)C(F)(F)F. The molecule has 0 heterocycles. The molecule has 0 radical (unpaired) electrons. The number of hydrogen-bond acceptors (Lipinski definition) is 2. The number of alkyl halides is 3. The topological polar surface area (TPSA) is 48.2 Å². The van der Waals surface area contributed by atoms with E-state index in [1.165, 1.54) is 24.3 Å². The molecule has 0 aliphatic heterocycles. The summed E-state index contributed by atoms with van der Waals surface area (Å²) in [5.41, 5.74) is -5.59. The molecule has 0 amide bonds. The second-order valence-corrected chi connectivity index (χ2v) is 3.94. The summed E-state index contributed by atoms with van der Waals surface area (Å²) in [6, 6.07) is 6.67. The van der Waals surface area contributed by atoms with Crippen LogP contribution in [0.4, 0.5) is 18.9 Å². The van der Waals surface area contributed by atoms with Crippen LogP contribution in [0, 0.1) is 0 Å². The largest absolute Gasteiger partial charge is 0.569 e. The van der Waals surface area contributed by atoms with Crippen molar-refractivity contribution in [3.63, 3.8) is 0 Å². The van der Waals surface area contributed by atoms with Gasteiger partial charge in [0, 0.05) is 0 Å². The van der Waals surface area contributed by atoms with Crippen LogP contribution in [0.25, 0.3) is 4.72 Å². The molecule has 1 rings (SSSR count). The van der Waals surface area contributed by atoms with E-state index in [2.05, 4.69) is 4.72 Å². The van der Waals surface area contributed by atoms with Gasteiger partial charge in [-0.15, -0.1) is 5.69 Å². The van der Waals surface area contributed by atoms with Crippen molar-refractivity contribution < 1.29 is 21.6 Å².